The van der Waals surface area contributed by atoms with E-state index in [-0.39, 0.29) is 11.1 Å². The molecule has 0 aromatic carbocycles. The molecular weight excluding hydrogens is 258 g/mol. The first kappa shape index (κ1) is 14.2. The lowest BCUT2D eigenvalue weighted by Crippen LogP contribution is -2.12. The summed E-state index contributed by atoms with van der Waals surface area (Å²) in [6.07, 6.45) is 4.26. The molecule has 0 spiro atoms. The van der Waals surface area contributed by atoms with Crippen LogP contribution in [0.2, 0.25) is 0 Å². The van der Waals surface area contributed by atoms with Gasteiger partial charge in [0.2, 0.25) is 0 Å². The molecule has 7 nitrogen and oxygen atoms in total. The maximum Gasteiger partial charge on any atom is 0.358 e. The largest absolute Gasteiger partial charge is 0.476 e. The van der Waals surface area contributed by atoms with Gasteiger partial charge in [-0.1, -0.05) is 26.0 Å². The summed E-state index contributed by atoms with van der Waals surface area (Å²) in [5.74, 6) is -1.08. The van der Waals surface area contributed by atoms with E-state index < -0.39 is 5.97 Å². The van der Waals surface area contributed by atoms with E-state index in [4.69, 9.17) is 0 Å². The molecule has 0 amide bonds. The average molecular weight is 277 g/mol. The first-order valence-corrected chi connectivity index (χ1v) is 6.44. The zero-order valence-electron chi connectivity index (χ0n) is 12.2. The van der Waals surface area contributed by atoms with E-state index in [2.05, 4.69) is 36.2 Å². The quantitative estimate of drug-likeness (QED) is 0.921. The van der Waals surface area contributed by atoms with E-state index in [0.717, 1.165) is 6.42 Å². The van der Waals surface area contributed by atoms with Crippen LogP contribution >= 0.6 is 0 Å². The van der Waals surface area contributed by atoms with Crippen molar-refractivity contribution in [1.29, 1.82) is 0 Å². The SMILES string of the molecule is Cn1cc(-c2c(C(=O)O)nnn2CCC(C)(C)C)cn1. The van der Waals surface area contributed by atoms with Crippen LogP contribution in [0.5, 0.6) is 0 Å². The normalized spacial score (nSPS) is 11.8. The molecule has 0 unspecified atom stereocenters. The molecule has 1 N–H and O–H groups in total. The van der Waals surface area contributed by atoms with Crippen molar-refractivity contribution >= 4 is 5.97 Å². The van der Waals surface area contributed by atoms with Gasteiger partial charge in [0, 0.05) is 25.4 Å². The molecule has 0 saturated carbocycles. The summed E-state index contributed by atoms with van der Waals surface area (Å²) in [5, 5.41) is 21.1. The van der Waals surface area contributed by atoms with Gasteiger partial charge in [-0.15, -0.1) is 5.10 Å². The second-order valence-electron chi connectivity index (χ2n) is 6.03. The van der Waals surface area contributed by atoms with Crippen LogP contribution in [0.25, 0.3) is 11.3 Å². The number of aromatic carboxylic acids is 1. The first-order valence-electron chi connectivity index (χ1n) is 6.44. The van der Waals surface area contributed by atoms with Gasteiger partial charge in [-0.25, -0.2) is 9.48 Å². The molecule has 0 saturated heterocycles. The second-order valence-corrected chi connectivity index (χ2v) is 6.03. The fourth-order valence-corrected chi connectivity index (χ4v) is 1.88. The van der Waals surface area contributed by atoms with Crippen molar-refractivity contribution in [2.45, 2.75) is 33.7 Å². The van der Waals surface area contributed by atoms with Gasteiger partial charge in [-0.3, -0.25) is 4.68 Å². The Morgan fingerprint density at radius 2 is 2.10 bits per heavy atom. The van der Waals surface area contributed by atoms with Crippen LogP contribution in [0.3, 0.4) is 0 Å². The Bertz CT molecular complexity index is 621. The molecule has 0 fully saturated rings. The van der Waals surface area contributed by atoms with Crippen molar-refractivity contribution in [3.8, 4) is 11.3 Å². The van der Waals surface area contributed by atoms with Crippen molar-refractivity contribution in [2.24, 2.45) is 12.5 Å². The Hall–Kier alpha value is -2.18. The number of carboxylic acid groups (broad SMARTS) is 1. The van der Waals surface area contributed by atoms with Crippen LogP contribution in [-0.4, -0.2) is 35.9 Å². The van der Waals surface area contributed by atoms with E-state index in [1.54, 1.807) is 28.8 Å². The summed E-state index contributed by atoms with van der Waals surface area (Å²) in [5.41, 5.74) is 1.33. The van der Waals surface area contributed by atoms with Gasteiger partial charge in [-0.2, -0.15) is 5.10 Å². The number of carboxylic acids is 1. The van der Waals surface area contributed by atoms with Crippen LogP contribution < -0.4 is 0 Å². The van der Waals surface area contributed by atoms with Crippen LogP contribution in [0.1, 0.15) is 37.7 Å². The van der Waals surface area contributed by atoms with Gasteiger partial charge in [0.1, 0.15) is 5.69 Å². The summed E-state index contributed by atoms with van der Waals surface area (Å²) < 4.78 is 3.27. The van der Waals surface area contributed by atoms with Gasteiger partial charge in [0.05, 0.1) is 6.20 Å². The number of hydrogen-bond acceptors (Lipinski definition) is 4. The van der Waals surface area contributed by atoms with Crippen molar-refractivity contribution < 1.29 is 9.90 Å². The molecule has 0 bridgehead atoms. The fraction of sp³-hybridized carbons (Fsp3) is 0.538. The third-order valence-electron chi connectivity index (χ3n) is 2.99. The molecule has 0 radical (unpaired) electrons. The molecule has 0 aliphatic heterocycles. The molecule has 0 aliphatic carbocycles. The van der Waals surface area contributed by atoms with Crippen LogP contribution in [0.4, 0.5) is 0 Å². The highest BCUT2D eigenvalue weighted by Gasteiger charge is 2.22. The molecule has 7 heteroatoms. The molecule has 2 rings (SSSR count). The maximum absolute atomic E-state index is 11.3. The number of nitrogens with zero attached hydrogens (tertiary/aromatic N) is 5. The lowest BCUT2D eigenvalue weighted by Gasteiger charge is -2.18. The highest BCUT2D eigenvalue weighted by molar-refractivity contribution is 5.92. The minimum Gasteiger partial charge on any atom is -0.476 e. The number of rotatable bonds is 4. The van der Waals surface area contributed by atoms with E-state index in [9.17, 15) is 9.90 Å². The van der Waals surface area contributed by atoms with Gasteiger partial charge in [-0.05, 0) is 11.8 Å². The first-order chi connectivity index (χ1) is 9.28. The number of hydrogen-bond donors (Lipinski definition) is 1. The highest BCUT2D eigenvalue weighted by Crippen LogP contribution is 2.25. The van der Waals surface area contributed by atoms with Gasteiger partial charge in [0.25, 0.3) is 0 Å². The highest BCUT2D eigenvalue weighted by atomic mass is 16.4. The third kappa shape index (κ3) is 3.04. The van der Waals surface area contributed by atoms with E-state index in [0.29, 0.717) is 17.8 Å². The number of aryl methyl sites for hydroxylation is 2. The van der Waals surface area contributed by atoms with Crippen molar-refractivity contribution in [1.82, 2.24) is 24.8 Å². The minimum absolute atomic E-state index is 0.0353. The molecular formula is C13H19N5O2. The molecule has 2 aromatic heterocycles. The lowest BCUT2D eigenvalue weighted by molar-refractivity contribution is 0.0691. The minimum atomic E-state index is -1.08. The van der Waals surface area contributed by atoms with Crippen LogP contribution in [-0.2, 0) is 13.6 Å². The predicted molar refractivity (Wildman–Crippen MR) is 73.3 cm³/mol. The second kappa shape index (κ2) is 5.07. The lowest BCUT2D eigenvalue weighted by atomic mass is 9.92. The van der Waals surface area contributed by atoms with Gasteiger partial charge < -0.3 is 5.11 Å². The zero-order valence-corrected chi connectivity index (χ0v) is 12.2. The van der Waals surface area contributed by atoms with Gasteiger partial charge in [0.15, 0.2) is 5.69 Å². The predicted octanol–water partition coefficient (Wildman–Crippen LogP) is 1.81. The topological polar surface area (TPSA) is 85.8 Å². The summed E-state index contributed by atoms with van der Waals surface area (Å²) in [7, 11) is 1.78. The summed E-state index contributed by atoms with van der Waals surface area (Å²) in [4.78, 5) is 11.3. The van der Waals surface area contributed by atoms with Crippen molar-refractivity contribution in [3.63, 3.8) is 0 Å². The van der Waals surface area contributed by atoms with Crippen molar-refractivity contribution in [2.75, 3.05) is 0 Å². The zero-order chi connectivity index (χ0) is 14.9. The maximum atomic E-state index is 11.3. The molecule has 2 heterocycles. The van der Waals surface area contributed by atoms with E-state index in [1.165, 1.54) is 0 Å². The Labute approximate surface area is 117 Å². The van der Waals surface area contributed by atoms with Gasteiger partial charge >= 0.3 is 5.97 Å². The average Bonchev–Trinajstić information content (AvgIpc) is 2.90. The van der Waals surface area contributed by atoms with E-state index >= 15 is 0 Å². The number of aromatic nitrogens is 5. The Morgan fingerprint density at radius 3 is 2.60 bits per heavy atom. The smallest absolute Gasteiger partial charge is 0.358 e. The Kier molecular flexibility index (Phi) is 3.61. The summed E-state index contributed by atoms with van der Waals surface area (Å²) in [6, 6.07) is 0. The Balaban J connectivity index is 2.40. The molecule has 20 heavy (non-hydrogen) atoms. The molecule has 0 atom stereocenters. The Morgan fingerprint density at radius 1 is 1.40 bits per heavy atom. The molecule has 108 valence electrons. The van der Waals surface area contributed by atoms with E-state index in [1.807, 2.05) is 0 Å². The summed E-state index contributed by atoms with van der Waals surface area (Å²) >= 11 is 0. The van der Waals surface area contributed by atoms with Crippen LogP contribution in [0, 0.1) is 5.41 Å². The monoisotopic (exact) mass is 277 g/mol. The summed E-state index contributed by atoms with van der Waals surface area (Å²) in [6.45, 7) is 7.01. The third-order valence-corrected chi connectivity index (χ3v) is 2.99. The standard InChI is InChI=1S/C13H19N5O2/c1-13(2,3)5-6-18-11(9-7-14-17(4)8-9)10(12(19)20)15-16-18/h7-8H,5-6H2,1-4H3,(H,19,20). The van der Waals surface area contributed by atoms with Crippen molar-refractivity contribution in [3.05, 3.63) is 18.1 Å². The molecule has 2 aromatic rings. The molecule has 0 aliphatic rings. The fourth-order valence-electron chi connectivity index (χ4n) is 1.88. The van der Waals surface area contributed by atoms with Crippen LogP contribution in [0.15, 0.2) is 12.4 Å². The number of carbonyl (C=O) groups is 1.